The minimum atomic E-state index is -0.419. The molecule has 18 heavy (non-hydrogen) atoms. The van der Waals surface area contributed by atoms with E-state index in [1.54, 1.807) is 0 Å². The summed E-state index contributed by atoms with van der Waals surface area (Å²) in [5.74, 6) is -0.280. The number of nitrogens with one attached hydrogen (secondary N) is 1. The van der Waals surface area contributed by atoms with Gasteiger partial charge in [-0.2, -0.15) is 0 Å². The number of amides is 1. The van der Waals surface area contributed by atoms with Crippen LogP contribution in [-0.4, -0.2) is 22.7 Å². The third kappa shape index (κ3) is 2.28. The Morgan fingerprint density at radius 2 is 1.89 bits per heavy atom. The first-order valence-electron chi connectivity index (χ1n) is 6.25. The topological polar surface area (TPSA) is 69.6 Å². The van der Waals surface area contributed by atoms with Crippen molar-refractivity contribution in [3.05, 3.63) is 23.8 Å². The van der Waals surface area contributed by atoms with Crippen LogP contribution in [0.5, 0.6) is 11.5 Å². The highest BCUT2D eigenvalue weighted by Gasteiger charge is 2.45. The fourth-order valence-electron chi connectivity index (χ4n) is 2.22. The molecule has 0 spiro atoms. The van der Waals surface area contributed by atoms with Crippen molar-refractivity contribution in [2.75, 3.05) is 6.54 Å². The number of carbonyl (C=O) groups excluding carboxylic acids is 1. The van der Waals surface area contributed by atoms with Crippen molar-refractivity contribution >= 4 is 5.91 Å². The van der Waals surface area contributed by atoms with Gasteiger partial charge in [0.05, 0.1) is 0 Å². The van der Waals surface area contributed by atoms with Crippen LogP contribution in [0.25, 0.3) is 0 Å². The van der Waals surface area contributed by atoms with E-state index >= 15 is 0 Å². The Balaban J connectivity index is 2.05. The first-order valence-corrected chi connectivity index (χ1v) is 6.25. The Morgan fingerprint density at radius 3 is 2.33 bits per heavy atom. The van der Waals surface area contributed by atoms with Gasteiger partial charge < -0.3 is 15.5 Å². The van der Waals surface area contributed by atoms with Crippen LogP contribution in [0.1, 0.15) is 37.0 Å². The highest BCUT2D eigenvalue weighted by Crippen LogP contribution is 2.51. The molecule has 4 heteroatoms. The summed E-state index contributed by atoms with van der Waals surface area (Å²) in [6, 6.07) is 4.28. The SMILES string of the molecule is CC(C)C1(CNC(=O)c2c(O)cccc2O)CC1. The molecule has 0 heterocycles. The van der Waals surface area contributed by atoms with E-state index < -0.39 is 5.91 Å². The number of carbonyl (C=O) groups is 1. The first-order chi connectivity index (χ1) is 8.46. The van der Waals surface area contributed by atoms with Crippen LogP contribution in [0.2, 0.25) is 0 Å². The summed E-state index contributed by atoms with van der Waals surface area (Å²) in [5, 5.41) is 22.0. The zero-order chi connectivity index (χ0) is 13.3. The zero-order valence-corrected chi connectivity index (χ0v) is 10.7. The molecule has 4 nitrogen and oxygen atoms in total. The Labute approximate surface area is 107 Å². The van der Waals surface area contributed by atoms with E-state index in [9.17, 15) is 15.0 Å². The molecular weight excluding hydrogens is 230 g/mol. The number of hydrogen-bond acceptors (Lipinski definition) is 3. The third-order valence-corrected chi connectivity index (χ3v) is 3.97. The number of benzene rings is 1. The lowest BCUT2D eigenvalue weighted by atomic mass is 9.92. The molecule has 98 valence electrons. The smallest absolute Gasteiger partial charge is 0.258 e. The molecule has 2 rings (SSSR count). The van der Waals surface area contributed by atoms with E-state index in [1.807, 2.05) is 0 Å². The molecule has 3 N–H and O–H groups in total. The largest absolute Gasteiger partial charge is 0.507 e. The molecule has 1 fully saturated rings. The van der Waals surface area contributed by atoms with Gasteiger partial charge in [-0.05, 0) is 36.3 Å². The van der Waals surface area contributed by atoms with Crippen LogP contribution in [-0.2, 0) is 0 Å². The van der Waals surface area contributed by atoms with E-state index in [1.165, 1.54) is 18.2 Å². The van der Waals surface area contributed by atoms with Crippen LogP contribution in [0.15, 0.2) is 18.2 Å². The van der Waals surface area contributed by atoms with Gasteiger partial charge in [0.25, 0.3) is 5.91 Å². The normalized spacial score (nSPS) is 16.6. The van der Waals surface area contributed by atoms with Gasteiger partial charge in [0, 0.05) is 6.54 Å². The molecule has 1 aliphatic rings. The standard InChI is InChI=1S/C14H19NO3/c1-9(2)14(6-7-14)8-15-13(18)12-10(16)4-3-5-11(12)17/h3-5,9,16-17H,6-8H2,1-2H3,(H,15,18). The second-order valence-electron chi connectivity index (χ2n) is 5.37. The van der Waals surface area contributed by atoms with Gasteiger partial charge in [-0.15, -0.1) is 0 Å². The highest BCUT2D eigenvalue weighted by molar-refractivity contribution is 5.99. The quantitative estimate of drug-likeness (QED) is 0.766. The minimum absolute atomic E-state index is 0.0444. The molecule has 1 saturated carbocycles. The molecule has 1 aromatic rings. The second kappa shape index (κ2) is 4.52. The Morgan fingerprint density at radius 1 is 1.33 bits per heavy atom. The van der Waals surface area contributed by atoms with Crippen molar-refractivity contribution in [3.8, 4) is 11.5 Å². The van der Waals surface area contributed by atoms with Gasteiger partial charge in [0.1, 0.15) is 17.1 Å². The summed E-state index contributed by atoms with van der Waals surface area (Å²) < 4.78 is 0. The van der Waals surface area contributed by atoms with Crippen LogP contribution in [0.4, 0.5) is 0 Å². The molecule has 0 unspecified atom stereocenters. The summed E-state index contributed by atoms with van der Waals surface area (Å²) >= 11 is 0. The lowest BCUT2D eigenvalue weighted by Crippen LogP contribution is -2.32. The van der Waals surface area contributed by atoms with Gasteiger partial charge >= 0.3 is 0 Å². The molecule has 0 aromatic heterocycles. The number of rotatable bonds is 4. The van der Waals surface area contributed by atoms with Gasteiger partial charge in [0.15, 0.2) is 0 Å². The van der Waals surface area contributed by atoms with Gasteiger partial charge in [-0.1, -0.05) is 19.9 Å². The summed E-state index contributed by atoms with van der Waals surface area (Å²) in [6.45, 7) is 4.89. The summed E-state index contributed by atoms with van der Waals surface area (Å²) in [7, 11) is 0. The van der Waals surface area contributed by atoms with Gasteiger partial charge in [0.2, 0.25) is 0 Å². The Kier molecular flexibility index (Phi) is 3.20. The predicted octanol–water partition coefficient (Wildman–Crippen LogP) is 2.26. The monoisotopic (exact) mass is 249 g/mol. The fourth-order valence-corrected chi connectivity index (χ4v) is 2.22. The number of aromatic hydroxyl groups is 2. The van der Waals surface area contributed by atoms with Crippen LogP contribution >= 0.6 is 0 Å². The first kappa shape index (κ1) is 12.7. The third-order valence-electron chi connectivity index (χ3n) is 3.97. The Hall–Kier alpha value is -1.71. The molecule has 0 radical (unpaired) electrons. The van der Waals surface area contributed by atoms with Crippen molar-refractivity contribution in [3.63, 3.8) is 0 Å². The number of hydrogen-bond donors (Lipinski definition) is 3. The molecule has 0 aliphatic heterocycles. The van der Waals surface area contributed by atoms with Crippen molar-refractivity contribution in [2.45, 2.75) is 26.7 Å². The van der Waals surface area contributed by atoms with E-state index in [-0.39, 0.29) is 22.5 Å². The number of phenolic OH excluding ortho intramolecular Hbond substituents is 2. The Bertz CT molecular complexity index is 444. The van der Waals surface area contributed by atoms with Gasteiger partial charge in [-0.25, -0.2) is 0 Å². The molecule has 1 amide bonds. The van der Waals surface area contributed by atoms with E-state index in [2.05, 4.69) is 19.2 Å². The van der Waals surface area contributed by atoms with Gasteiger partial charge in [-0.3, -0.25) is 4.79 Å². The highest BCUT2D eigenvalue weighted by atomic mass is 16.3. The van der Waals surface area contributed by atoms with E-state index in [0.717, 1.165) is 12.8 Å². The molecular formula is C14H19NO3. The molecule has 0 atom stereocenters. The maximum absolute atomic E-state index is 12.0. The summed E-state index contributed by atoms with van der Waals surface area (Å²) in [4.78, 5) is 12.0. The lowest BCUT2D eigenvalue weighted by molar-refractivity contribution is 0.0934. The van der Waals surface area contributed by atoms with Crippen LogP contribution in [0, 0.1) is 11.3 Å². The average molecular weight is 249 g/mol. The molecule has 0 bridgehead atoms. The van der Waals surface area contributed by atoms with E-state index in [4.69, 9.17) is 0 Å². The second-order valence-corrected chi connectivity index (χ2v) is 5.37. The minimum Gasteiger partial charge on any atom is -0.507 e. The maximum atomic E-state index is 12.0. The molecule has 0 saturated heterocycles. The lowest BCUT2D eigenvalue weighted by Gasteiger charge is -2.20. The summed E-state index contributed by atoms with van der Waals surface area (Å²) in [6.07, 6.45) is 2.25. The fraction of sp³-hybridized carbons (Fsp3) is 0.500. The summed E-state index contributed by atoms with van der Waals surface area (Å²) in [5.41, 5.74) is 0.160. The maximum Gasteiger partial charge on any atom is 0.258 e. The van der Waals surface area contributed by atoms with Crippen molar-refractivity contribution in [2.24, 2.45) is 11.3 Å². The van der Waals surface area contributed by atoms with E-state index in [0.29, 0.717) is 12.5 Å². The van der Waals surface area contributed by atoms with Crippen molar-refractivity contribution in [1.82, 2.24) is 5.32 Å². The van der Waals surface area contributed by atoms with Crippen LogP contribution < -0.4 is 5.32 Å². The predicted molar refractivity (Wildman–Crippen MR) is 68.6 cm³/mol. The molecule has 1 aliphatic carbocycles. The van der Waals surface area contributed by atoms with Crippen molar-refractivity contribution in [1.29, 1.82) is 0 Å². The number of phenols is 2. The van der Waals surface area contributed by atoms with Crippen molar-refractivity contribution < 1.29 is 15.0 Å². The molecule has 1 aromatic carbocycles. The zero-order valence-electron chi connectivity index (χ0n) is 10.7. The van der Waals surface area contributed by atoms with Crippen LogP contribution in [0.3, 0.4) is 0 Å². The average Bonchev–Trinajstić information content (AvgIpc) is 3.07.